The molecule has 2 rings (SSSR count). The van der Waals surface area contributed by atoms with E-state index in [9.17, 15) is 4.79 Å². The van der Waals surface area contributed by atoms with Gasteiger partial charge in [0.1, 0.15) is 0 Å². The zero-order chi connectivity index (χ0) is 14.8. The van der Waals surface area contributed by atoms with E-state index in [1.807, 2.05) is 6.92 Å². The molecule has 0 aliphatic heterocycles. The SMILES string of the molecule is CCc1nc(NC(=O)C2(C(N)=S)CCCCC2)sc1C. The quantitative estimate of drug-likeness (QED) is 0.838. The first-order chi connectivity index (χ1) is 9.49. The van der Waals surface area contributed by atoms with Crippen molar-refractivity contribution in [2.75, 3.05) is 5.32 Å². The van der Waals surface area contributed by atoms with Crippen molar-refractivity contribution in [3.8, 4) is 0 Å². The summed E-state index contributed by atoms with van der Waals surface area (Å²) in [6.07, 6.45) is 5.52. The molecule has 1 aromatic heterocycles. The van der Waals surface area contributed by atoms with Crippen LogP contribution in [0, 0.1) is 12.3 Å². The number of aryl methyl sites for hydroxylation is 2. The summed E-state index contributed by atoms with van der Waals surface area (Å²) in [7, 11) is 0. The molecule has 1 amide bonds. The minimum absolute atomic E-state index is 0.0823. The number of anilines is 1. The standard InChI is InChI=1S/C14H21N3OS2/c1-3-10-9(2)20-13(16-10)17-12(18)14(11(15)19)7-5-4-6-8-14/h3-8H2,1-2H3,(H2,15,19)(H,16,17,18). The van der Waals surface area contributed by atoms with Crippen molar-refractivity contribution >= 4 is 39.6 Å². The van der Waals surface area contributed by atoms with Gasteiger partial charge in [0, 0.05) is 4.88 Å². The van der Waals surface area contributed by atoms with Gasteiger partial charge in [-0.15, -0.1) is 11.3 Å². The molecule has 0 aromatic carbocycles. The molecule has 0 radical (unpaired) electrons. The Morgan fingerprint density at radius 1 is 1.45 bits per heavy atom. The first-order valence-corrected chi connectivity index (χ1v) is 8.29. The molecule has 0 saturated heterocycles. The van der Waals surface area contributed by atoms with E-state index < -0.39 is 5.41 Å². The number of nitrogens with two attached hydrogens (primary N) is 1. The number of rotatable bonds is 4. The summed E-state index contributed by atoms with van der Waals surface area (Å²) in [5.74, 6) is -0.0823. The smallest absolute Gasteiger partial charge is 0.239 e. The molecule has 0 unspecified atom stereocenters. The lowest BCUT2D eigenvalue weighted by Gasteiger charge is -2.34. The lowest BCUT2D eigenvalue weighted by molar-refractivity contribution is -0.123. The van der Waals surface area contributed by atoms with Crippen molar-refractivity contribution in [3.63, 3.8) is 0 Å². The van der Waals surface area contributed by atoms with Crippen LogP contribution in [0.2, 0.25) is 0 Å². The fraction of sp³-hybridized carbons (Fsp3) is 0.643. The number of aromatic nitrogens is 1. The molecular weight excluding hydrogens is 290 g/mol. The lowest BCUT2D eigenvalue weighted by Crippen LogP contribution is -2.47. The molecule has 1 aliphatic rings. The van der Waals surface area contributed by atoms with Gasteiger partial charge in [-0.05, 0) is 26.2 Å². The number of carbonyl (C=O) groups is 1. The molecule has 20 heavy (non-hydrogen) atoms. The maximum Gasteiger partial charge on any atom is 0.239 e. The molecule has 1 aliphatic carbocycles. The Morgan fingerprint density at radius 2 is 2.10 bits per heavy atom. The van der Waals surface area contributed by atoms with E-state index >= 15 is 0 Å². The molecule has 4 nitrogen and oxygen atoms in total. The number of thiazole rings is 1. The van der Waals surface area contributed by atoms with Gasteiger partial charge in [-0.25, -0.2) is 4.98 Å². The average molecular weight is 311 g/mol. The first-order valence-electron chi connectivity index (χ1n) is 7.07. The predicted octanol–water partition coefficient (Wildman–Crippen LogP) is 3.19. The van der Waals surface area contributed by atoms with Crippen LogP contribution in [0.4, 0.5) is 5.13 Å². The summed E-state index contributed by atoms with van der Waals surface area (Å²) in [6.45, 7) is 4.08. The fourth-order valence-corrected chi connectivity index (χ4v) is 3.96. The third-order valence-corrected chi connectivity index (χ3v) is 5.38. The van der Waals surface area contributed by atoms with Crippen LogP contribution < -0.4 is 11.1 Å². The van der Waals surface area contributed by atoms with E-state index in [0.717, 1.165) is 49.1 Å². The largest absolute Gasteiger partial charge is 0.392 e. The number of nitrogens with one attached hydrogen (secondary N) is 1. The highest BCUT2D eigenvalue weighted by molar-refractivity contribution is 7.80. The Kier molecular flexibility index (Phi) is 4.75. The molecule has 1 saturated carbocycles. The number of nitrogens with zero attached hydrogens (tertiary/aromatic N) is 1. The van der Waals surface area contributed by atoms with E-state index in [2.05, 4.69) is 17.2 Å². The van der Waals surface area contributed by atoms with E-state index in [-0.39, 0.29) is 5.91 Å². The molecule has 0 atom stereocenters. The second-order valence-electron chi connectivity index (χ2n) is 5.34. The highest BCUT2D eigenvalue weighted by Gasteiger charge is 2.42. The van der Waals surface area contributed by atoms with Crippen LogP contribution in [0.25, 0.3) is 0 Å². The first kappa shape index (κ1) is 15.4. The van der Waals surface area contributed by atoms with Crippen molar-refractivity contribution < 1.29 is 4.79 Å². The van der Waals surface area contributed by atoms with E-state index in [4.69, 9.17) is 18.0 Å². The van der Waals surface area contributed by atoms with Crippen LogP contribution >= 0.6 is 23.6 Å². The third-order valence-electron chi connectivity index (χ3n) is 4.06. The van der Waals surface area contributed by atoms with Gasteiger partial charge < -0.3 is 11.1 Å². The average Bonchev–Trinajstić information content (AvgIpc) is 2.79. The van der Waals surface area contributed by atoms with Gasteiger partial charge in [0.15, 0.2) is 5.13 Å². The van der Waals surface area contributed by atoms with Crippen molar-refractivity contribution in [3.05, 3.63) is 10.6 Å². The molecular formula is C14H21N3OS2. The summed E-state index contributed by atoms with van der Waals surface area (Å²) >= 11 is 6.69. The van der Waals surface area contributed by atoms with Crippen molar-refractivity contribution in [1.82, 2.24) is 4.98 Å². The zero-order valence-electron chi connectivity index (χ0n) is 12.0. The van der Waals surface area contributed by atoms with Gasteiger partial charge >= 0.3 is 0 Å². The van der Waals surface area contributed by atoms with Gasteiger partial charge in [0.2, 0.25) is 5.91 Å². The molecule has 0 bridgehead atoms. The second kappa shape index (κ2) is 6.18. The number of carbonyl (C=O) groups excluding carboxylic acids is 1. The molecule has 1 heterocycles. The van der Waals surface area contributed by atoms with E-state index in [1.54, 1.807) is 0 Å². The Morgan fingerprint density at radius 3 is 2.60 bits per heavy atom. The fourth-order valence-electron chi connectivity index (χ4n) is 2.77. The maximum atomic E-state index is 12.6. The van der Waals surface area contributed by atoms with E-state index in [0.29, 0.717) is 10.1 Å². The molecule has 0 spiro atoms. The number of hydrogen-bond donors (Lipinski definition) is 2. The van der Waals surface area contributed by atoms with Crippen LogP contribution in [-0.2, 0) is 11.2 Å². The van der Waals surface area contributed by atoms with Crippen LogP contribution in [0.1, 0.15) is 49.6 Å². The van der Waals surface area contributed by atoms with Crippen LogP contribution in [0.5, 0.6) is 0 Å². The second-order valence-corrected chi connectivity index (χ2v) is 6.98. The predicted molar refractivity (Wildman–Crippen MR) is 87.2 cm³/mol. The summed E-state index contributed by atoms with van der Waals surface area (Å²) in [5, 5.41) is 3.59. The minimum Gasteiger partial charge on any atom is -0.392 e. The highest BCUT2D eigenvalue weighted by Crippen LogP contribution is 2.38. The Hall–Kier alpha value is -1.01. The van der Waals surface area contributed by atoms with Gasteiger partial charge in [0.25, 0.3) is 0 Å². The topological polar surface area (TPSA) is 68.0 Å². The summed E-state index contributed by atoms with van der Waals surface area (Å²) in [4.78, 5) is 18.6. The number of thiocarbonyl (C=S) groups is 1. The van der Waals surface area contributed by atoms with Gasteiger partial charge in [-0.2, -0.15) is 0 Å². The molecule has 6 heteroatoms. The van der Waals surface area contributed by atoms with Gasteiger partial charge in [0.05, 0.1) is 16.1 Å². The van der Waals surface area contributed by atoms with Crippen LogP contribution in [-0.4, -0.2) is 15.9 Å². The Bertz CT molecular complexity index is 518. The van der Waals surface area contributed by atoms with Crippen molar-refractivity contribution in [2.24, 2.45) is 11.1 Å². The normalized spacial score (nSPS) is 17.7. The van der Waals surface area contributed by atoms with E-state index in [1.165, 1.54) is 11.3 Å². The highest BCUT2D eigenvalue weighted by atomic mass is 32.1. The van der Waals surface area contributed by atoms with Gasteiger partial charge in [-0.3, -0.25) is 4.79 Å². The third kappa shape index (κ3) is 2.86. The maximum absolute atomic E-state index is 12.6. The zero-order valence-corrected chi connectivity index (χ0v) is 13.6. The Labute approximate surface area is 129 Å². The van der Waals surface area contributed by atoms with Gasteiger partial charge in [-0.1, -0.05) is 38.4 Å². The van der Waals surface area contributed by atoms with Crippen molar-refractivity contribution in [1.29, 1.82) is 0 Å². The number of amides is 1. The van der Waals surface area contributed by atoms with Crippen molar-refractivity contribution in [2.45, 2.75) is 52.4 Å². The van der Waals surface area contributed by atoms with Crippen LogP contribution in [0.3, 0.4) is 0 Å². The summed E-state index contributed by atoms with van der Waals surface area (Å²) in [6, 6.07) is 0. The molecule has 110 valence electrons. The molecule has 3 N–H and O–H groups in total. The minimum atomic E-state index is -0.681. The summed E-state index contributed by atoms with van der Waals surface area (Å²) in [5.41, 5.74) is 6.23. The lowest BCUT2D eigenvalue weighted by atomic mass is 9.73. The van der Waals surface area contributed by atoms with Crippen LogP contribution in [0.15, 0.2) is 0 Å². The monoisotopic (exact) mass is 311 g/mol. The molecule has 1 aromatic rings. The number of hydrogen-bond acceptors (Lipinski definition) is 4. The Balaban J connectivity index is 2.18. The summed E-state index contributed by atoms with van der Waals surface area (Å²) < 4.78 is 0. The molecule has 1 fully saturated rings.